The molecule has 3 amide bonds. The van der Waals surface area contributed by atoms with E-state index in [-0.39, 0.29) is 6.42 Å². The van der Waals surface area contributed by atoms with Crippen LogP contribution in [0, 0.1) is 5.21 Å². The number of carbonyl (C=O) groups excluding carboxylic acids is 2. The van der Waals surface area contributed by atoms with Crippen LogP contribution >= 0.6 is 0 Å². The lowest BCUT2D eigenvalue weighted by Crippen LogP contribution is -2.51. The number of anilines is 1. The van der Waals surface area contributed by atoms with E-state index in [0.29, 0.717) is 23.6 Å². The maximum absolute atomic E-state index is 11.6. The molecule has 6 nitrogen and oxygen atoms in total. The number of piperidine rings is 1. The Hall–Kier alpha value is -2.08. The molecular formula is C12H14N3O3-. The molecule has 1 saturated heterocycles. The summed E-state index contributed by atoms with van der Waals surface area (Å²) in [6.45, 7) is 0. The molecule has 1 aromatic rings. The Morgan fingerprint density at radius 1 is 1.33 bits per heavy atom. The van der Waals surface area contributed by atoms with Gasteiger partial charge < -0.3 is 20.9 Å². The molecule has 18 heavy (non-hydrogen) atoms. The molecule has 1 aromatic carbocycles. The molecular weight excluding hydrogens is 234 g/mol. The molecule has 96 valence electrons. The largest absolute Gasteiger partial charge is 0.755 e. The van der Waals surface area contributed by atoms with E-state index in [4.69, 9.17) is 0 Å². The highest BCUT2D eigenvalue weighted by atomic mass is 16.5. The monoisotopic (exact) mass is 248 g/mol. The summed E-state index contributed by atoms with van der Waals surface area (Å²) in [5.41, 5.74) is 0.634. The summed E-state index contributed by atoms with van der Waals surface area (Å²) in [7, 11) is 0. The Kier molecular flexibility index (Phi) is 3.78. The zero-order chi connectivity index (χ0) is 13.0. The van der Waals surface area contributed by atoms with Crippen LogP contribution in [-0.2, 0) is 4.79 Å². The molecule has 0 aliphatic carbocycles. The van der Waals surface area contributed by atoms with Crippen LogP contribution in [0.3, 0.4) is 0 Å². The fourth-order valence-corrected chi connectivity index (χ4v) is 1.82. The van der Waals surface area contributed by atoms with Gasteiger partial charge in [-0.1, -0.05) is 18.2 Å². The Balaban J connectivity index is 1.89. The van der Waals surface area contributed by atoms with Gasteiger partial charge in [0.1, 0.15) is 0 Å². The number of hydroxylamine groups is 2. The molecule has 0 radical (unpaired) electrons. The van der Waals surface area contributed by atoms with Gasteiger partial charge in [0.05, 0.1) is 6.17 Å². The topological polar surface area (TPSA) is 84.5 Å². The van der Waals surface area contributed by atoms with Gasteiger partial charge in [0.25, 0.3) is 0 Å². The lowest BCUT2D eigenvalue weighted by atomic mass is 10.1. The number of amides is 3. The predicted molar refractivity (Wildman–Crippen MR) is 66.4 cm³/mol. The Morgan fingerprint density at radius 3 is 2.78 bits per heavy atom. The number of benzene rings is 1. The second kappa shape index (κ2) is 5.50. The summed E-state index contributed by atoms with van der Waals surface area (Å²) >= 11 is 0. The minimum absolute atomic E-state index is 0.252. The molecule has 1 aliphatic rings. The first-order valence-corrected chi connectivity index (χ1v) is 5.78. The summed E-state index contributed by atoms with van der Waals surface area (Å²) in [6, 6.07) is 8.41. The van der Waals surface area contributed by atoms with Gasteiger partial charge in [-0.3, -0.25) is 4.79 Å². The third-order valence-electron chi connectivity index (χ3n) is 2.73. The van der Waals surface area contributed by atoms with Crippen LogP contribution in [0.5, 0.6) is 0 Å². The smallest absolute Gasteiger partial charge is 0.320 e. The molecule has 1 aliphatic heterocycles. The molecule has 0 saturated carbocycles. The van der Waals surface area contributed by atoms with E-state index in [1.165, 1.54) is 0 Å². The van der Waals surface area contributed by atoms with Crippen molar-refractivity contribution in [2.24, 2.45) is 0 Å². The minimum atomic E-state index is -0.769. The third kappa shape index (κ3) is 2.98. The number of hydrogen-bond acceptors (Lipinski definition) is 3. The molecule has 1 heterocycles. The van der Waals surface area contributed by atoms with Gasteiger partial charge in [-0.25, -0.2) is 4.79 Å². The number of urea groups is 1. The standard InChI is InChI=1S/C12H14N3O3/c16-11-8-4-7-10(15(11)18)14-12(17)13-9-5-2-1-3-6-9/h1-3,5-6,10H,4,7-8H2,(H2,13,14,17)/q-1. The normalized spacial score (nSPS) is 19.5. The molecule has 1 unspecified atom stereocenters. The Bertz CT molecular complexity index is 435. The van der Waals surface area contributed by atoms with Crippen molar-refractivity contribution in [3.05, 3.63) is 35.5 Å². The van der Waals surface area contributed by atoms with E-state index < -0.39 is 18.1 Å². The number of nitrogens with one attached hydrogen (secondary N) is 2. The number of carbonyl (C=O) groups is 2. The number of para-hydroxylation sites is 1. The van der Waals surface area contributed by atoms with E-state index in [1.807, 2.05) is 6.07 Å². The SMILES string of the molecule is O=C(Nc1ccccc1)NC1CCCC(=O)N1[O-]. The number of hydrogen-bond donors (Lipinski definition) is 2. The quantitative estimate of drug-likeness (QED) is 0.834. The van der Waals surface area contributed by atoms with Gasteiger partial charge in [0, 0.05) is 12.1 Å². The molecule has 0 spiro atoms. The number of nitrogens with zero attached hydrogens (tertiary/aromatic N) is 1. The lowest BCUT2D eigenvalue weighted by molar-refractivity contribution is -0.133. The predicted octanol–water partition coefficient (Wildman–Crippen LogP) is 1.64. The van der Waals surface area contributed by atoms with Crippen molar-refractivity contribution in [1.82, 2.24) is 10.4 Å². The number of rotatable bonds is 2. The van der Waals surface area contributed by atoms with Crippen LogP contribution in [-0.4, -0.2) is 23.2 Å². The van der Waals surface area contributed by atoms with Crippen LogP contribution in [0.1, 0.15) is 19.3 Å². The van der Waals surface area contributed by atoms with Gasteiger partial charge in [-0.15, -0.1) is 0 Å². The van der Waals surface area contributed by atoms with Crippen molar-refractivity contribution in [1.29, 1.82) is 0 Å². The third-order valence-corrected chi connectivity index (χ3v) is 2.73. The second-order valence-corrected chi connectivity index (χ2v) is 4.09. The van der Waals surface area contributed by atoms with E-state index in [1.54, 1.807) is 24.3 Å². The van der Waals surface area contributed by atoms with Gasteiger partial charge in [0.15, 0.2) is 0 Å². The van der Waals surface area contributed by atoms with Gasteiger partial charge in [0.2, 0.25) is 5.91 Å². The van der Waals surface area contributed by atoms with E-state index in [2.05, 4.69) is 10.6 Å². The molecule has 0 bridgehead atoms. The van der Waals surface area contributed by atoms with Gasteiger partial charge in [-0.2, -0.15) is 0 Å². The first kappa shape index (κ1) is 12.4. The molecule has 1 atom stereocenters. The van der Waals surface area contributed by atoms with Crippen molar-refractivity contribution in [3.63, 3.8) is 0 Å². The summed E-state index contributed by atoms with van der Waals surface area (Å²) < 4.78 is 0. The van der Waals surface area contributed by atoms with Crippen molar-refractivity contribution in [3.8, 4) is 0 Å². The van der Waals surface area contributed by atoms with Crippen LogP contribution < -0.4 is 10.6 Å². The van der Waals surface area contributed by atoms with Crippen LogP contribution in [0.25, 0.3) is 0 Å². The zero-order valence-electron chi connectivity index (χ0n) is 9.76. The van der Waals surface area contributed by atoms with Gasteiger partial charge >= 0.3 is 6.03 Å². The van der Waals surface area contributed by atoms with Crippen molar-refractivity contribution in [2.75, 3.05) is 5.32 Å². The van der Waals surface area contributed by atoms with Crippen molar-refractivity contribution >= 4 is 17.6 Å². The summed E-state index contributed by atoms with van der Waals surface area (Å²) in [5, 5.41) is 16.9. The van der Waals surface area contributed by atoms with Crippen LogP contribution in [0.4, 0.5) is 10.5 Å². The maximum Gasteiger partial charge on any atom is 0.320 e. The Morgan fingerprint density at radius 2 is 2.06 bits per heavy atom. The average Bonchev–Trinajstić information content (AvgIpc) is 2.36. The highest BCUT2D eigenvalue weighted by molar-refractivity contribution is 5.89. The highest BCUT2D eigenvalue weighted by Gasteiger charge is 2.22. The molecule has 1 fully saturated rings. The van der Waals surface area contributed by atoms with Crippen molar-refractivity contribution in [2.45, 2.75) is 25.4 Å². The zero-order valence-corrected chi connectivity index (χ0v) is 9.76. The lowest BCUT2D eigenvalue weighted by Gasteiger charge is -2.40. The van der Waals surface area contributed by atoms with E-state index in [9.17, 15) is 14.8 Å². The van der Waals surface area contributed by atoms with Crippen LogP contribution in [0.2, 0.25) is 0 Å². The molecule has 0 aromatic heterocycles. The fourth-order valence-electron chi connectivity index (χ4n) is 1.82. The van der Waals surface area contributed by atoms with Gasteiger partial charge in [-0.05, 0) is 25.0 Å². The van der Waals surface area contributed by atoms with E-state index in [0.717, 1.165) is 0 Å². The highest BCUT2D eigenvalue weighted by Crippen LogP contribution is 2.15. The minimum Gasteiger partial charge on any atom is -0.755 e. The fraction of sp³-hybridized carbons (Fsp3) is 0.333. The molecule has 6 heteroatoms. The molecule has 2 N–H and O–H groups in total. The summed E-state index contributed by atoms with van der Waals surface area (Å²) in [4.78, 5) is 22.8. The molecule has 2 rings (SSSR count). The first-order valence-electron chi connectivity index (χ1n) is 5.78. The summed E-state index contributed by atoms with van der Waals surface area (Å²) in [6.07, 6.45) is 0.586. The average molecular weight is 248 g/mol. The first-order chi connectivity index (χ1) is 8.66. The van der Waals surface area contributed by atoms with Crippen molar-refractivity contribution < 1.29 is 9.59 Å². The summed E-state index contributed by atoms with van der Waals surface area (Å²) in [5.74, 6) is -0.480. The van der Waals surface area contributed by atoms with E-state index >= 15 is 0 Å². The van der Waals surface area contributed by atoms with Crippen LogP contribution in [0.15, 0.2) is 30.3 Å². The Labute approximate surface area is 105 Å². The maximum atomic E-state index is 11.6. The second-order valence-electron chi connectivity index (χ2n) is 4.09.